The van der Waals surface area contributed by atoms with Crippen LogP contribution in [-0.2, 0) is 24.3 Å². The molecule has 2 heterocycles. The molecule has 0 spiro atoms. The Bertz CT molecular complexity index is 980. The number of hydrogen-bond donors (Lipinski definition) is 0. The van der Waals surface area contributed by atoms with E-state index in [1.54, 1.807) is 12.1 Å². The molecule has 1 aromatic rings. The van der Waals surface area contributed by atoms with Crippen LogP contribution in [0.3, 0.4) is 0 Å². The largest absolute Gasteiger partial charge is 0.494 e. The summed E-state index contributed by atoms with van der Waals surface area (Å²) < 4.78 is 38.3. The molecular weight excluding hydrogens is 450 g/mol. The molecule has 3 amide bonds. The van der Waals surface area contributed by atoms with Gasteiger partial charge in [0.1, 0.15) is 18.3 Å². The van der Waals surface area contributed by atoms with Crippen LogP contribution in [0.1, 0.15) is 39.5 Å². The average molecular weight is 482 g/mol. The summed E-state index contributed by atoms with van der Waals surface area (Å²) in [6.45, 7) is 4.70. The molecule has 2 fully saturated rings. The fourth-order valence-electron chi connectivity index (χ4n) is 4.14. The second kappa shape index (κ2) is 10.5. The summed E-state index contributed by atoms with van der Waals surface area (Å²) in [5.41, 5.74) is 0. The molecule has 0 N–H and O–H groups in total. The first-order valence-electron chi connectivity index (χ1n) is 11.2. The highest BCUT2D eigenvalue weighted by Gasteiger charge is 2.51. The van der Waals surface area contributed by atoms with Gasteiger partial charge in [0.05, 0.1) is 24.7 Å². The minimum absolute atomic E-state index is 0.00780. The van der Waals surface area contributed by atoms with Gasteiger partial charge in [-0.25, -0.2) is 13.2 Å². The predicted octanol–water partition coefficient (Wildman–Crippen LogP) is 1.84. The Morgan fingerprint density at radius 1 is 1.12 bits per heavy atom. The summed E-state index contributed by atoms with van der Waals surface area (Å²) in [5.74, 6) is -0.574. The van der Waals surface area contributed by atoms with Crippen molar-refractivity contribution in [2.24, 2.45) is 0 Å². The second-order valence-electron chi connectivity index (χ2n) is 8.14. The van der Waals surface area contributed by atoms with Gasteiger partial charge in [-0.15, -0.1) is 0 Å². The minimum Gasteiger partial charge on any atom is -0.494 e. The number of carbonyl (C=O) groups excluding carboxylic acids is 3. The Balaban J connectivity index is 1.83. The molecule has 0 aromatic heterocycles. The standard InChI is InChI=1S/C22H31N3O7S/c1-4-6-12-32-17-7-9-18(10-8-17)33(29,30)24-14-16(13-19(24)21(27)31-3)25-20(26)15-23(11-5-2)22(25)28/h7-10,16,19H,4-6,11-15H2,1-3H3/t16-,19+/m0/s1. The lowest BCUT2D eigenvalue weighted by Gasteiger charge is -2.23. The Morgan fingerprint density at radius 3 is 2.42 bits per heavy atom. The number of sulfonamides is 1. The highest BCUT2D eigenvalue weighted by molar-refractivity contribution is 7.89. The molecule has 0 bridgehead atoms. The number of urea groups is 1. The van der Waals surface area contributed by atoms with E-state index in [9.17, 15) is 22.8 Å². The molecule has 0 saturated carbocycles. The quantitative estimate of drug-likeness (QED) is 0.285. The Morgan fingerprint density at radius 2 is 1.82 bits per heavy atom. The maximum absolute atomic E-state index is 13.4. The van der Waals surface area contributed by atoms with Gasteiger partial charge in [0.2, 0.25) is 10.0 Å². The highest BCUT2D eigenvalue weighted by Crippen LogP contribution is 2.32. The maximum atomic E-state index is 13.4. The van der Waals surface area contributed by atoms with Crippen LogP contribution in [0.4, 0.5) is 4.79 Å². The van der Waals surface area contributed by atoms with E-state index in [2.05, 4.69) is 0 Å². The normalized spacial score (nSPS) is 21.7. The van der Waals surface area contributed by atoms with E-state index in [4.69, 9.17) is 9.47 Å². The topological polar surface area (TPSA) is 114 Å². The van der Waals surface area contributed by atoms with Gasteiger partial charge in [-0.1, -0.05) is 20.3 Å². The van der Waals surface area contributed by atoms with Crippen LogP contribution < -0.4 is 4.74 Å². The molecule has 1 aromatic carbocycles. The molecular formula is C22H31N3O7S. The number of unbranched alkanes of at least 4 members (excludes halogenated alkanes) is 1. The van der Waals surface area contributed by atoms with E-state index in [1.807, 2.05) is 13.8 Å². The first-order chi connectivity index (χ1) is 15.7. The number of imide groups is 1. The van der Waals surface area contributed by atoms with E-state index in [1.165, 1.54) is 24.1 Å². The molecule has 2 aliphatic heterocycles. The summed E-state index contributed by atoms with van der Waals surface area (Å²) in [7, 11) is -2.91. The molecule has 2 aliphatic rings. The first-order valence-corrected chi connectivity index (χ1v) is 12.6. The van der Waals surface area contributed by atoms with E-state index >= 15 is 0 Å². The fraction of sp³-hybridized carbons (Fsp3) is 0.591. The van der Waals surface area contributed by atoms with Crippen LogP contribution >= 0.6 is 0 Å². The van der Waals surface area contributed by atoms with E-state index < -0.39 is 40.0 Å². The molecule has 33 heavy (non-hydrogen) atoms. The van der Waals surface area contributed by atoms with Crippen LogP contribution in [-0.4, -0.2) is 85.9 Å². The SMILES string of the molecule is CCCCOc1ccc(S(=O)(=O)N2C[C@@H](N3C(=O)CN(CCC)C3=O)C[C@@H]2C(=O)OC)cc1. The molecule has 11 heteroatoms. The number of hydrogen-bond acceptors (Lipinski definition) is 7. The summed E-state index contributed by atoms with van der Waals surface area (Å²) in [4.78, 5) is 40.2. The van der Waals surface area contributed by atoms with E-state index in [-0.39, 0.29) is 24.4 Å². The van der Waals surface area contributed by atoms with E-state index in [0.717, 1.165) is 22.0 Å². The highest BCUT2D eigenvalue weighted by atomic mass is 32.2. The summed E-state index contributed by atoms with van der Waals surface area (Å²) in [6, 6.07) is 3.65. The molecule has 0 radical (unpaired) electrons. The number of esters is 1. The number of amides is 3. The molecule has 182 valence electrons. The molecule has 10 nitrogen and oxygen atoms in total. The van der Waals surface area contributed by atoms with Crippen molar-refractivity contribution in [3.05, 3.63) is 24.3 Å². The van der Waals surface area contributed by atoms with Gasteiger partial charge >= 0.3 is 12.0 Å². The van der Waals surface area contributed by atoms with Crippen molar-refractivity contribution in [1.29, 1.82) is 0 Å². The van der Waals surface area contributed by atoms with Crippen LogP contribution in [0, 0.1) is 0 Å². The lowest BCUT2D eigenvalue weighted by atomic mass is 10.1. The number of carbonyl (C=O) groups is 3. The van der Waals surface area contributed by atoms with Crippen LogP contribution in [0.25, 0.3) is 0 Å². The third kappa shape index (κ3) is 5.14. The van der Waals surface area contributed by atoms with Crippen molar-refractivity contribution in [3.8, 4) is 5.75 Å². The van der Waals surface area contributed by atoms with Gasteiger partial charge in [-0.3, -0.25) is 14.5 Å². The predicted molar refractivity (Wildman–Crippen MR) is 119 cm³/mol. The van der Waals surface area contributed by atoms with Gasteiger partial charge in [0.15, 0.2) is 0 Å². The summed E-state index contributed by atoms with van der Waals surface area (Å²) in [5, 5.41) is 0. The van der Waals surface area contributed by atoms with Gasteiger partial charge in [0.25, 0.3) is 5.91 Å². The second-order valence-corrected chi connectivity index (χ2v) is 10.0. The molecule has 2 atom stereocenters. The molecule has 0 aliphatic carbocycles. The fourth-order valence-corrected chi connectivity index (χ4v) is 5.76. The van der Waals surface area contributed by atoms with Crippen molar-refractivity contribution in [2.75, 3.05) is 33.4 Å². The van der Waals surface area contributed by atoms with Crippen molar-refractivity contribution < 1.29 is 32.3 Å². The van der Waals surface area contributed by atoms with Crippen LogP contribution in [0.15, 0.2) is 29.2 Å². The zero-order chi connectivity index (χ0) is 24.2. The van der Waals surface area contributed by atoms with E-state index in [0.29, 0.717) is 25.3 Å². The number of benzene rings is 1. The lowest BCUT2D eigenvalue weighted by Crippen LogP contribution is -2.44. The van der Waals surface area contributed by atoms with Gasteiger partial charge in [-0.05, 0) is 43.5 Å². The lowest BCUT2D eigenvalue weighted by molar-refractivity contribution is -0.144. The van der Waals surface area contributed by atoms with Crippen LogP contribution in [0.5, 0.6) is 5.75 Å². The third-order valence-electron chi connectivity index (χ3n) is 5.83. The van der Waals surface area contributed by atoms with Crippen molar-refractivity contribution in [2.45, 2.75) is 56.5 Å². The Kier molecular flexibility index (Phi) is 7.96. The third-order valence-corrected chi connectivity index (χ3v) is 7.72. The van der Waals surface area contributed by atoms with Gasteiger partial charge in [0, 0.05) is 13.1 Å². The Hall–Kier alpha value is -2.66. The maximum Gasteiger partial charge on any atom is 0.327 e. The number of rotatable bonds is 10. The van der Waals surface area contributed by atoms with Gasteiger partial charge in [-0.2, -0.15) is 4.31 Å². The summed E-state index contributed by atoms with van der Waals surface area (Å²) in [6.07, 6.45) is 2.55. The summed E-state index contributed by atoms with van der Waals surface area (Å²) >= 11 is 0. The monoisotopic (exact) mass is 481 g/mol. The van der Waals surface area contributed by atoms with Crippen LogP contribution in [0.2, 0.25) is 0 Å². The molecule has 0 unspecified atom stereocenters. The zero-order valence-electron chi connectivity index (χ0n) is 19.2. The Labute approximate surface area is 194 Å². The molecule has 3 rings (SSSR count). The molecule has 2 saturated heterocycles. The van der Waals surface area contributed by atoms with Crippen molar-refractivity contribution in [3.63, 3.8) is 0 Å². The van der Waals surface area contributed by atoms with Crippen molar-refractivity contribution >= 4 is 27.9 Å². The van der Waals surface area contributed by atoms with Crippen molar-refractivity contribution in [1.82, 2.24) is 14.1 Å². The minimum atomic E-state index is -4.09. The average Bonchev–Trinajstić information content (AvgIpc) is 3.35. The number of ether oxygens (including phenoxy) is 2. The smallest absolute Gasteiger partial charge is 0.327 e. The zero-order valence-corrected chi connectivity index (χ0v) is 20.0. The van der Waals surface area contributed by atoms with Gasteiger partial charge < -0.3 is 14.4 Å². The number of methoxy groups -OCH3 is 1. The number of nitrogens with zero attached hydrogens (tertiary/aromatic N) is 3. The first kappa shape index (κ1) is 25.0.